The fourth-order valence-corrected chi connectivity index (χ4v) is 1.89. The number of aryl methyl sites for hydroxylation is 1. The molecule has 0 spiro atoms. The fraction of sp³-hybridized carbons (Fsp3) is 0.250. The van der Waals surface area contributed by atoms with Crippen molar-refractivity contribution >= 4 is 28.9 Å². The lowest BCUT2D eigenvalue weighted by Gasteiger charge is -2.07. The Morgan fingerprint density at radius 1 is 1.24 bits per heavy atom. The normalized spacial score (nSPS) is 10.5. The third-order valence-corrected chi connectivity index (χ3v) is 3.29. The highest BCUT2D eigenvalue weighted by Crippen LogP contribution is 2.24. The summed E-state index contributed by atoms with van der Waals surface area (Å²) in [7, 11) is 1.94. The molecule has 3 nitrogen and oxygen atoms in total. The number of anilines is 1. The number of halogens is 2. The smallest absolute Gasteiger partial charge is 0.0612 e. The first-order valence-corrected chi connectivity index (χ1v) is 6.08. The summed E-state index contributed by atoms with van der Waals surface area (Å²) in [5, 5.41) is 8.55. The van der Waals surface area contributed by atoms with Crippen LogP contribution in [0.15, 0.2) is 30.5 Å². The number of hydrogen-bond acceptors (Lipinski definition) is 2. The van der Waals surface area contributed by atoms with Gasteiger partial charge in [-0.2, -0.15) is 5.10 Å². The van der Waals surface area contributed by atoms with Crippen LogP contribution >= 0.6 is 23.2 Å². The largest absolute Gasteiger partial charge is 0.385 e. The number of nitrogens with one attached hydrogen (secondary N) is 1. The van der Waals surface area contributed by atoms with Crippen molar-refractivity contribution in [2.24, 2.45) is 7.05 Å². The maximum Gasteiger partial charge on any atom is 0.0612 e. The van der Waals surface area contributed by atoms with Gasteiger partial charge >= 0.3 is 0 Å². The first kappa shape index (κ1) is 12.3. The number of rotatable bonds is 4. The summed E-state index contributed by atoms with van der Waals surface area (Å²) in [5.74, 6) is 0. The van der Waals surface area contributed by atoms with Crippen molar-refractivity contribution in [1.29, 1.82) is 0 Å². The van der Waals surface area contributed by atoms with Crippen LogP contribution in [-0.2, 0) is 13.5 Å². The van der Waals surface area contributed by atoms with Crippen LogP contribution in [0, 0.1) is 0 Å². The molecule has 0 saturated heterocycles. The molecule has 2 aromatic rings. The van der Waals surface area contributed by atoms with Gasteiger partial charge in [0.15, 0.2) is 0 Å². The zero-order valence-electron chi connectivity index (χ0n) is 9.45. The van der Waals surface area contributed by atoms with Gasteiger partial charge in [-0.25, -0.2) is 0 Å². The summed E-state index contributed by atoms with van der Waals surface area (Å²) in [5.41, 5.74) is 2.17. The Bertz CT molecular complexity index is 508. The third-order valence-electron chi connectivity index (χ3n) is 2.55. The molecule has 17 heavy (non-hydrogen) atoms. The van der Waals surface area contributed by atoms with E-state index in [1.54, 1.807) is 12.3 Å². The van der Waals surface area contributed by atoms with Crippen molar-refractivity contribution in [2.45, 2.75) is 6.42 Å². The highest BCUT2D eigenvalue weighted by molar-refractivity contribution is 6.42. The van der Waals surface area contributed by atoms with Crippen molar-refractivity contribution in [3.05, 3.63) is 46.2 Å². The first-order chi connectivity index (χ1) is 8.16. The van der Waals surface area contributed by atoms with E-state index in [-0.39, 0.29) is 0 Å². The minimum absolute atomic E-state index is 0.567. The van der Waals surface area contributed by atoms with E-state index in [9.17, 15) is 0 Å². The van der Waals surface area contributed by atoms with Crippen LogP contribution in [-0.4, -0.2) is 16.3 Å². The Morgan fingerprint density at radius 3 is 2.71 bits per heavy atom. The average molecular weight is 270 g/mol. The van der Waals surface area contributed by atoms with Gasteiger partial charge in [-0.1, -0.05) is 23.2 Å². The molecular formula is C12H13Cl2N3. The summed E-state index contributed by atoms with van der Waals surface area (Å²) >= 11 is 11.8. The minimum atomic E-state index is 0.567. The fourth-order valence-electron chi connectivity index (χ4n) is 1.59. The first-order valence-electron chi connectivity index (χ1n) is 5.32. The van der Waals surface area contributed by atoms with Crippen molar-refractivity contribution in [1.82, 2.24) is 9.78 Å². The maximum atomic E-state index is 5.93. The number of hydrogen-bond donors (Lipinski definition) is 1. The molecule has 0 saturated carbocycles. The lowest BCUT2D eigenvalue weighted by atomic mass is 10.3. The van der Waals surface area contributed by atoms with Crippen LogP contribution in [0.5, 0.6) is 0 Å². The van der Waals surface area contributed by atoms with Crippen LogP contribution in [0.2, 0.25) is 10.0 Å². The van der Waals surface area contributed by atoms with E-state index in [0.29, 0.717) is 10.0 Å². The quantitative estimate of drug-likeness (QED) is 0.923. The van der Waals surface area contributed by atoms with Gasteiger partial charge in [0, 0.05) is 37.6 Å². The standard InChI is InChI=1S/C12H13Cl2N3/c1-17-10(5-7-16-17)4-6-15-9-2-3-11(13)12(14)8-9/h2-3,5,7-8,15H,4,6H2,1H3. The summed E-state index contributed by atoms with van der Waals surface area (Å²) in [6.07, 6.45) is 2.71. The Kier molecular flexibility index (Phi) is 3.92. The summed E-state index contributed by atoms with van der Waals surface area (Å²) < 4.78 is 1.87. The Hall–Kier alpha value is -1.19. The van der Waals surface area contributed by atoms with E-state index in [0.717, 1.165) is 18.7 Å². The van der Waals surface area contributed by atoms with Crippen molar-refractivity contribution < 1.29 is 0 Å². The third kappa shape index (κ3) is 3.14. The van der Waals surface area contributed by atoms with Crippen molar-refractivity contribution in [3.8, 4) is 0 Å². The molecule has 0 fully saturated rings. The average Bonchev–Trinajstić information content (AvgIpc) is 2.70. The Labute approximate surface area is 110 Å². The van der Waals surface area contributed by atoms with Crippen LogP contribution in [0.1, 0.15) is 5.69 Å². The topological polar surface area (TPSA) is 29.9 Å². The molecule has 2 rings (SSSR count). The van der Waals surface area contributed by atoms with Gasteiger partial charge in [0.25, 0.3) is 0 Å². The van der Waals surface area contributed by atoms with E-state index >= 15 is 0 Å². The molecule has 0 aliphatic carbocycles. The molecule has 0 bridgehead atoms. The maximum absolute atomic E-state index is 5.93. The second kappa shape index (κ2) is 5.43. The van der Waals surface area contributed by atoms with Crippen LogP contribution in [0.25, 0.3) is 0 Å². The molecule has 1 heterocycles. The lowest BCUT2D eigenvalue weighted by molar-refractivity contribution is 0.711. The molecule has 1 aromatic heterocycles. The van der Waals surface area contributed by atoms with E-state index < -0.39 is 0 Å². The molecule has 0 aliphatic rings. The van der Waals surface area contributed by atoms with Crippen LogP contribution in [0.3, 0.4) is 0 Å². The summed E-state index contributed by atoms with van der Waals surface area (Å²) in [6.45, 7) is 0.831. The molecule has 1 aromatic carbocycles. The van der Waals surface area contributed by atoms with Crippen LogP contribution < -0.4 is 5.32 Å². The predicted octanol–water partition coefficient (Wildman–Crippen LogP) is 3.38. The molecule has 0 atom stereocenters. The number of nitrogens with zero attached hydrogens (tertiary/aromatic N) is 2. The zero-order valence-corrected chi connectivity index (χ0v) is 11.0. The molecular weight excluding hydrogens is 257 g/mol. The highest BCUT2D eigenvalue weighted by atomic mass is 35.5. The molecule has 1 N–H and O–H groups in total. The molecule has 0 amide bonds. The van der Waals surface area contributed by atoms with Gasteiger partial charge < -0.3 is 5.32 Å². The van der Waals surface area contributed by atoms with E-state index in [1.807, 2.05) is 29.9 Å². The molecule has 0 radical (unpaired) electrons. The van der Waals surface area contributed by atoms with Gasteiger partial charge in [-0.05, 0) is 24.3 Å². The second-order valence-electron chi connectivity index (χ2n) is 3.75. The van der Waals surface area contributed by atoms with Crippen molar-refractivity contribution in [3.63, 3.8) is 0 Å². The van der Waals surface area contributed by atoms with Gasteiger partial charge in [0.05, 0.1) is 10.0 Å². The molecule has 90 valence electrons. The monoisotopic (exact) mass is 269 g/mol. The van der Waals surface area contributed by atoms with E-state index in [4.69, 9.17) is 23.2 Å². The van der Waals surface area contributed by atoms with E-state index in [1.165, 1.54) is 5.69 Å². The molecule has 5 heteroatoms. The Morgan fingerprint density at radius 2 is 2.06 bits per heavy atom. The Balaban J connectivity index is 1.90. The predicted molar refractivity (Wildman–Crippen MR) is 71.9 cm³/mol. The van der Waals surface area contributed by atoms with Gasteiger partial charge in [0.1, 0.15) is 0 Å². The SMILES string of the molecule is Cn1nccc1CCNc1ccc(Cl)c(Cl)c1. The number of benzene rings is 1. The van der Waals surface area contributed by atoms with Gasteiger partial charge in [-0.3, -0.25) is 4.68 Å². The zero-order chi connectivity index (χ0) is 12.3. The summed E-state index contributed by atoms with van der Waals surface area (Å²) in [6, 6.07) is 7.54. The van der Waals surface area contributed by atoms with E-state index in [2.05, 4.69) is 10.4 Å². The number of aromatic nitrogens is 2. The minimum Gasteiger partial charge on any atom is -0.385 e. The van der Waals surface area contributed by atoms with Gasteiger partial charge in [0.2, 0.25) is 0 Å². The van der Waals surface area contributed by atoms with Crippen LogP contribution in [0.4, 0.5) is 5.69 Å². The molecule has 0 aliphatic heterocycles. The van der Waals surface area contributed by atoms with Crippen molar-refractivity contribution in [2.75, 3.05) is 11.9 Å². The molecule has 0 unspecified atom stereocenters. The highest BCUT2D eigenvalue weighted by Gasteiger charge is 2.00. The lowest BCUT2D eigenvalue weighted by Crippen LogP contribution is -2.08. The van der Waals surface area contributed by atoms with Gasteiger partial charge in [-0.15, -0.1) is 0 Å². The summed E-state index contributed by atoms with van der Waals surface area (Å²) in [4.78, 5) is 0. The second-order valence-corrected chi connectivity index (χ2v) is 4.57.